The van der Waals surface area contributed by atoms with E-state index in [1.54, 1.807) is 0 Å². The average molecular weight is 299 g/mol. The van der Waals surface area contributed by atoms with Crippen LogP contribution in [0.3, 0.4) is 0 Å². The third-order valence-electron chi connectivity index (χ3n) is 2.91. The molecule has 21 heavy (non-hydrogen) atoms. The summed E-state index contributed by atoms with van der Waals surface area (Å²) in [4.78, 5) is 0. The van der Waals surface area contributed by atoms with Crippen LogP contribution < -0.4 is 10.5 Å². The first-order chi connectivity index (χ1) is 9.88. The predicted octanol–water partition coefficient (Wildman–Crippen LogP) is 3.92. The van der Waals surface area contributed by atoms with Crippen LogP contribution in [0, 0.1) is 5.82 Å². The van der Waals surface area contributed by atoms with Crippen molar-refractivity contribution in [3.05, 3.63) is 65.5 Å². The van der Waals surface area contributed by atoms with Gasteiger partial charge in [0.1, 0.15) is 18.2 Å². The van der Waals surface area contributed by atoms with Gasteiger partial charge in [0.05, 0.1) is 11.6 Å². The average Bonchev–Trinajstić information content (AvgIpc) is 2.45. The quantitative estimate of drug-likeness (QED) is 0.868. The summed E-state index contributed by atoms with van der Waals surface area (Å²) in [7, 11) is 0. The van der Waals surface area contributed by atoms with Crippen LogP contribution in [0.1, 0.15) is 17.2 Å². The van der Waals surface area contributed by atoms with E-state index in [-0.39, 0.29) is 12.2 Å². The van der Waals surface area contributed by atoms with Gasteiger partial charge in [-0.05, 0) is 35.9 Å². The summed E-state index contributed by atoms with van der Waals surface area (Å²) >= 11 is 0. The summed E-state index contributed by atoms with van der Waals surface area (Å²) in [5, 5.41) is 0. The Morgan fingerprint density at radius 3 is 2.24 bits per heavy atom. The second-order valence-corrected chi connectivity index (χ2v) is 4.46. The molecule has 0 spiro atoms. The van der Waals surface area contributed by atoms with Crippen LogP contribution in [0.25, 0.3) is 0 Å². The molecule has 0 bridgehead atoms. The highest BCUT2D eigenvalue weighted by atomic mass is 19.4. The van der Waals surface area contributed by atoms with Gasteiger partial charge in [0.2, 0.25) is 0 Å². The van der Waals surface area contributed by atoms with E-state index >= 15 is 0 Å². The Morgan fingerprint density at radius 1 is 1.00 bits per heavy atom. The van der Waals surface area contributed by atoms with Crippen LogP contribution >= 0.6 is 0 Å². The molecule has 0 aliphatic heterocycles. The number of rotatable bonds is 4. The smallest absolute Gasteiger partial charge is 0.416 e. The third-order valence-corrected chi connectivity index (χ3v) is 2.91. The molecule has 2 nitrogen and oxygen atoms in total. The minimum atomic E-state index is -4.47. The van der Waals surface area contributed by atoms with Gasteiger partial charge < -0.3 is 10.5 Å². The normalized spacial score (nSPS) is 13.0. The Morgan fingerprint density at radius 2 is 1.62 bits per heavy atom. The van der Waals surface area contributed by atoms with E-state index in [0.717, 1.165) is 6.07 Å². The van der Waals surface area contributed by atoms with Crippen LogP contribution in [-0.2, 0) is 6.18 Å². The minimum absolute atomic E-state index is 0.0351. The topological polar surface area (TPSA) is 35.2 Å². The highest BCUT2D eigenvalue weighted by Gasteiger charge is 2.34. The fourth-order valence-corrected chi connectivity index (χ4v) is 1.89. The third kappa shape index (κ3) is 3.95. The van der Waals surface area contributed by atoms with Gasteiger partial charge in [-0.15, -0.1) is 0 Å². The van der Waals surface area contributed by atoms with E-state index in [1.807, 2.05) is 0 Å². The van der Waals surface area contributed by atoms with Crippen molar-refractivity contribution < 1.29 is 22.3 Å². The van der Waals surface area contributed by atoms with Gasteiger partial charge in [-0.2, -0.15) is 13.2 Å². The molecule has 0 aliphatic carbocycles. The van der Waals surface area contributed by atoms with Crippen molar-refractivity contribution in [1.29, 1.82) is 0 Å². The predicted molar refractivity (Wildman–Crippen MR) is 70.3 cm³/mol. The molecule has 0 saturated carbocycles. The first kappa shape index (κ1) is 15.3. The van der Waals surface area contributed by atoms with Gasteiger partial charge in [-0.3, -0.25) is 0 Å². The van der Waals surface area contributed by atoms with Gasteiger partial charge in [0, 0.05) is 0 Å². The zero-order valence-corrected chi connectivity index (χ0v) is 10.9. The number of halogens is 4. The zero-order chi connectivity index (χ0) is 15.5. The number of nitrogens with two attached hydrogens (primary N) is 1. The highest BCUT2D eigenvalue weighted by Crippen LogP contribution is 2.34. The molecular weight excluding hydrogens is 286 g/mol. The van der Waals surface area contributed by atoms with Gasteiger partial charge in [0.25, 0.3) is 0 Å². The largest absolute Gasteiger partial charge is 0.492 e. The molecule has 1 unspecified atom stereocenters. The van der Waals surface area contributed by atoms with Crippen molar-refractivity contribution in [3.63, 3.8) is 0 Å². The van der Waals surface area contributed by atoms with Crippen LogP contribution in [0.15, 0.2) is 48.5 Å². The summed E-state index contributed by atoms with van der Waals surface area (Å²) in [5.74, 6) is -0.0783. The van der Waals surface area contributed by atoms with E-state index in [9.17, 15) is 17.6 Å². The molecule has 0 radical (unpaired) electrons. The van der Waals surface area contributed by atoms with Gasteiger partial charge in [-0.1, -0.05) is 18.2 Å². The molecule has 0 heterocycles. The summed E-state index contributed by atoms with van der Waals surface area (Å²) in [6.07, 6.45) is -4.47. The number of hydrogen-bond donors (Lipinski definition) is 1. The molecular formula is C15H13F4NO. The number of alkyl halides is 3. The van der Waals surface area contributed by atoms with Crippen molar-refractivity contribution in [2.24, 2.45) is 5.73 Å². The molecule has 2 N–H and O–H groups in total. The maximum atomic E-state index is 12.9. The SMILES string of the molecule is NC(COc1ccc(F)cc1)c1ccccc1C(F)(F)F. The Balaban J connectivity index is 2.10. The van der Waals surface area contributed by atoms with Crippen molar-refractivity contribution in [1.82, 2.24) is 0 Å². The lowest BCUT2D eigenvalue weighted by molar-refractivity contribution is -0.138. The van der Waals surface area contributed by atoms with Crippen LogP contribution in [0.4, 0.5) is 17.6 Å². The fourth-order valence-electron chi connectivity index (χ4n) is 1.89. The lowest BCUT2D eigenvalue weighted by atomic mass is 10.0. The second kappa shape index (κ2) is 6.13. The van der Waals surface area contributed by atoms with E-state index in [0.29, 0.717) is 5.75 Å². The monoisotopic (exact) mass is 299 g/mol. The molecule has 6 heteroatoms. The van der Waals surface area contributed by atoms with E-state index in [4.69, 9.17) is 10.5 Å². The van der Waals surface area contributed by atoms with E-state index < -0.39 is 23.6 Å². The summed E-state index contributed by atoms with van der Waals surface area (Å²) in [5.41, 5.74) is 4.96. The standard InChI is InChI=1S/C15H13F4NO/c16-10-5-7-11(8-6-10)21-9-14(20)12-3-1-2-4-13(12)15(17,18)19/h1-8,14H,9,20H2. The summed E-state index contributed by atoms with van der Waals surface area (Å²) in [6.45, 7) is -0.140. The molecule has 2 rings (SSSR count). The molecule has 112 valence electrons. The van der Waals surface area contributed by atoms with Gasteiger partial charge >= 0.3 is 6.18 Å². The molecule has 0 aromatic heterocycles. The number of hydrogen-bond acceptors (Lipinski definition) is 2. The first-order valence-corrected chi connectivity index (χ1v) is 6.18. The molecule has 0 fully saturated rings. The molecule has 2 aromatic carbocycles. The van der Waals surface area contributed by atoms with Crippen molar-refractivity contribution in [3.8, 4) is 5.75 Å². The van der Waals surface area contributed by atoms with Crippen LogP contribution in [0.5, 0.6) is 5.75 Å². The maximum Gasteiger partial charge on any atom is 0.416 e. The molecule has 2 aromatic rings. The Hall–Kier alpha value is -2.08. The maximum absolute atomic E-state index is 12.9. The minimum Gasteiger partial charge on any atom is -0.492 e. The first-order valence-electron chi connectivity index (χ1n) is 6.18. The number of ether oxygens (including phenoxy) is 1. The fraction of sp³-hybridized carbons (Fsp3) is 0.200. The van der Waals surface area contributed by atoms with Crippen molar-refractivity contribution >= 4 is 0 Å². The Bertz CT molecular complexity index is 595. The lowest BCUT2D eigenvalue weighted by Gasteiger charge is -2.18. The van der Waals surface area contributed by atoms with Crippen molar-refractivity contribution in [2.45, 2.75) is 12.2 Å². The molecule has 0 aliphatic rings. The van der Waals surface area contributed by atoms with E-state index in [2.05, 4.69) is 0 Å². The molecule has 0 saturated heterocycles. The summed E-state index contributed by atoms with van der Waals surface area (Å²) in [6, 6.07) is 9.33. The Kier molecular flexibility index (Phi) is 4.47. The van der Waals surface area contributed by atoms with Crippen LogP contribution in [0.2, 0.25) is 0 Å². The van der Waals surface area contributed by atoms with Crippen LogP contribution in [-0.4, -0.2) is 6.61 Å². The summed E-state index contributed by atoms with van der Waals surface area (Å²) < 4.78 is 56.7. The van der Waals surface area contributed by atoms with Crippen molar-refractivity contribution in [2.75, 3.05) is 6.61 Å². The Labute approximate surface area is 119 Å². The highest BCUT2D eigenvalue weighted by molar-refractivity contribution is 5.32. The lowest BCUT2D eigenvalue weighted by Crippen LogP contribution is -2.23. The molecule has 0 amide bonds. The zero-order valence-electron chi connectivity index (χ0n) is 10.9. The second-order valence-electron chi connectivity index (χ2n) is 4.46. The number of benzene rings is 2. The van der Waals surface area contributed by atoms with Gasteiger partial charge in [0.15, 0.2) is 0 Å². The van der Waals surface area contributed by atoms with Gasteiger partial charge in [-0.25, -0.2) is 4.39 Å². The van der Waals surface area contributed by atoms with E-state index in [1.165, 1.54) is 42.5 Å². The molecule has 1 atom stereocenters.